The lowest BCUT2D eigenvalue weighted by Crippen LogP contribution is -2.25. The van der Waals surface area contributed by atoms with E-state index in [0.717, 1.165) is 22.2 Å². The van der Waals surface area contributed by atoms with Crippen LogP contribution in [0.5, 0.6) is 0 Å². The first kappa shape index (κ1) is 14.8. The summed E-state index contributed by atoms with van der Waals surface area (Å²) < 4.78 is 0. The largest absolute Gasteiger partial charge is 0.310 e. The molecule has 0 bridgehead atoms. The molecular formula is C14H21Cl2N. The molecule has 0 spiro atoms. The van der Waals surface area contributed by atoms with Crippen molar-refractivity contribution in [1.82, 2.24) is 5.32 Å². The van der Waals surface area contributed by atoms with Crippen molar-refractivity contribution in [2.45, 2.75) is 52.1 Å². The second-order valence-electron chi connectivity index (χ2n) is 4.48. The summed E-state index contributed by atoms with van der Waals surface area (Å²) in [6.45, 7) is 5.17. The molecule has 0 radical (unpaired) electrons. The Kier molecular flexibility index (Phi) is 6.94. The van der Waals surface area contributed by atoms with Gasteiger partial charge in [0, 0.05) is 28.2 Å². The van der Waals surface area contributed by atoms with E-state index in [9.17, 15) is 0 Å². The fraction of sp³-hybridized carbons (Fsp3) is 0.571. The van der Waals surface area contributed by atoms with Crippen LogP contribution in [0.4, 0.5) is 0 Å². The van der Waals surface area contributed by atoms with Gasteiger partial charge in [-0.05, 0) is 25.5 Å². The minimum atomic E-state index is 0.508. The molecule has 1 rings (SSSR count). The van der Waals surface area contributed by atoms with E-state index in [1.54, 1.807) is 0 Å². The molecular weight excluding hydrogens is 253 g/mol. The van der Waals surface area contributed by atoms with Gasteiger partial charge in [0.15, 0.2) is 0 Å². The van der Waals surface area contributed by atoms with Gasteiger partial charge >= 0.3 is 0 Å². The van der Waals surface area contributed by atoms with Gasteiger partial charge in [-0.1, -0.05) is 55.5 Å². The lowest BCUT2D eigenvalue weighted by molar-refractivity contribution is 0.487. The maximum Gasteiger partial charge on any atom is 0.0465 e. The summed E-state index contributed by atoms with van der Waals surface area (Å²) in [5, 5.41) is 4.95. The van der Waals surface area contributed by atoms with Crippen molar-refractivity contribution in [3.05, 3.63) is 33.8 Å². The number of rotatable bonds is 7. The summed E-state index contributed by atoms with van der Waals surface area (Å²) in [7, 11) is 0. The molecule has 1 aromatic rings. The molecule has 1 atom stereocenters. The minimum absolute atomic E-state index is 0.508. The minimum Gasteiger partial charge on any atom is -0.310 e. The van der Waals surface area contributed by atoms with Crippen LogP contribution in [0.1, 0.15) is 45.1 Å². The number of hydrogen-bond acceptors (Lipinski definition) is 1. The third kappa shape index (κ3) is 5.29. The standard InChI is InChI=1S/C14H21Cl2N/c1-3-4-5-7-11(2)17-10-12-13(15)8-6-9-14(12)16/h6,8-9,11,17H,3-5,7,10H2,1-2H3. The summed E-state index contributed by atoms with van der Waals surface area (Å²) in [4.78, 5) is 0. The van der Waals surface area contributed by atoms with E-state index in [-0.39, 0.29) is 0 Å². The van der Waals surface area contributed by atoms with Crippen LogP contribution in [0.15, 0.2) is 18.2 Å². The van der Waals surface area contributed by atoms with Gasteiger partial charge in [-0.15, -0.1) is 0 Å². The Balaban J connectivity index is 2.39. The van der Waals surface area contributed by atoms with Crippen molar-refractivity contribution in [3.8, 4) is 0 Å². The number of hydrogen-bond donors (Lipinski definition) is 1. The summed E-state index contributed by atoms with van der Waals surface area (Å²) in [6, 6.07) is 6.14. The Morgan fingerprint density at radius 1 is 1.18 bits per heavy atom. The first-order valence-corrected chi connectivity index (χ1v) is 7.07. The van der Waals surface area contributed by atoms with E-state index in [2.05, 4.69) is 19.2 Å². The van der Waals surface area contributed by atoms with E-state index in [1.807, 2.05) is 18.2 Å². The quantitative estimate of drug-likeness (QED) is 0.686. The highest BCUT2D eigenvalue weighted by atomic mass is 35.5. The van der Waals surface area contributed by atoms with Gasteiger partial charge in [-0.2, -0.15) is 0 Å². The van der Waals surface area contributed by atoms with E-state index in [0.29, 0.717) is 6.04 Å². The normalized spacial score (nSPS) is 12.7. The lowest BCUT2D eigenvalue weighted by atomic mass is 10.1. The summed E-state index contributed by atoms with van der Waals surface area (Å²) >= 11 is 12.2. The van der Waals surface area contributed by atoms with Crippen LogP contribution >= 0.6 is 23.2 Å². The van der Waals surface area contributed by atoms with Crippen molar-refractivity contribution in [2.75, 3.05) is 0 Å². The smallest absolute Gasteiger partial charge is 0.0465 e. The fourth-order valence-electron chi connectivity index (χ4n) is 1.78. The van der Waals surface area contributed by atoms with Gasteiger partial charge in [0.1, 0.15) is 0 Å². The van der Waals surface area contributed by atoms with Crippen LogP contribution in [-0.4, -0.2) is 6.04 Å². The van der Waals surface area contributed by atoms with E-state index in [1.165, 1.54) is 25.7 Å². The maximum absolute atomic E-state index is 6.12. The Morgan fingerprint density at radius 3 is 2.41 bits per heavy atom. The zero-order valence-corrected chi connectivity index (χ0v) is 12.1. The van der Waals surface area contributed by atoms with Crippen molar-refractivity contribution >= 4 is 23.2 Å². The predicted octanol–water partition coefficient (Wildman–Crippen LogP) is 5.05. The monoisotopic (exact) mass is 273 g/mol. The zero-order chi connectivity index (χ0) is 12.7. The Bertz CT molecular complexity index is 319. The zero-order valence-electron chi connectivity index (χ0n) is 10.6. The van der Waals surface area contributed by atoms with Crippen LogP contribution in [0.2, 0.25) is 10.0 Å². The molecule has 1 nitrogen and oxygen atoms in total. The number of benzene rings is 1. The van der Waals surface area contributed by atoms with Crippen molar-refractivity contribution < 1.29 is 0 Å². The molecule has 0 aliphatic heterocycles. The van der Waals surface area contributed by atoms with Crippen LogP contribution < -0.4 is 5.32 Å². The van der Waals surface area contributed by atoms with Gasteiger partial charge in [0.05, 0.1) is 0 Å². The Hall–Kier alpha value is -0.240. The molecule has 0 aliphatic carbocycles. The number of halogens is 2. The Labute approximate surface area is 115 Å². The molecule has 1 aromatic carbocycles. The lowest BCUT2D eigenvalue weighted by Gasteiger charge is -2.15. The first-order chi connectivity index (χ1) is 8.15. The van der Waals surface area contributed by atoms with Gasteiger partial charge in [-0.25, -0.2) is 0 Å². The van der Waals surface area contributed by atoms with Gasteiger partial charge in [0.2, 0.25) is 0 Å². The van der Waals surface area contributed by atoms with Crippen LogP contribution in [0.3, 0.4) is 0 Å². The van der Waals surface area contributed by atoms with Gasteiger partial charge in [-0.3, -0.25) is 0 Å². The molecule has 1 N–H and O–H groups in total. The van der Waals surface area contributed by atoms with E-state index >= 15 is 0 Å². The third-order valence-electron chi connectivity index (χ3n) is 2.93. The molecule has 0 aromatic heterocycles. The molecule has 0 saturated carbocycles. The first-order valence-electron chi connectivity index (χ1n) is 6.31. The molecule has 3 heteroatoms. The average molecular weight is 274 g/mol. The van der Waals surface area contributed by atoms with Crippen LogP contribution in [-0.2, 0) is 6.54 Å². The van der Waals surface area contributed by atoms with Gasteiger partial charge in [0.25, 0.3) is 0 Å². The molecule has 0 fully saturated rings. The van der Waals surface area contributed by atoms with Crippen molar-refractivity contribution in [2.24, 2.45) is 0 Å². The van der Waals surface area contributed by atoms with Crippen molar-refractivity contribution in [1.29, 1.82) is 0 Å². The second-order valence-corrected chi connectivity index (χ2v) is 5.29. The molecule has 17 heavy (non-hydrogen) atoms. The molecule has 0 saturated heterocycles. The number of nitrogens with one attached hydrogen (secondary N) is 1. The summed E-state index contributed by atoms with van der Waals surface area (Å²) in [6.07, 6.45) is 5.05. The third-order valence-corrected chi connectivity index (χ3v) is 3.64. The van der Waals surface area contributed by atoms with Gasteiger partial charge < -0.3 is 5.32 Å². The van der Waals surface area contributed by atoms with Crippen LogP contribution in [0.25, 0.3) is 0 Å². The van der Waals surface area contributed by atoms with E-state index < -0.39 is 0 Å². The topological polar surface area (TPSA) is 12.0 Å². The number of unbranched alkanes of at least 4 members (excludes halogenated alkanes) is 2. The summed E-state index contributed by atoms with van der Waals surface area (Å²) in [5.74, 6) is 0. The second kappa shape index (κ2) is 7.97. The fourth-order valence-corrected chi connectivity index (χ4v) is 2.31. The molecule has 96 valence electrons. The highest BCUT2D eigenvalue weighted by Crippen LogP contribution is 2.24. The van der Waals surface area contributed by atoms with Crippen molar-refractivity contribution in [3.63, 3.8) is 0 Å². The van der Waals surface area contributed by atoms with Crippen LogP contribution in [0, 0.1) is 0 Å². The summed E-state index contributed by atoms with van der Waals surface area (Å²) in [5.41, 5.74) is 0.998. The molecule has 1 unspecified atom stereocenters. The maximum atomic E-state index is 6.12. The SMILES string of the molecule is CCCCCC(C)NCc1c(Cl)cccc1Cl. The highest BCUT2D eigenvalue weighted by molar-refractivity contribution is 6.35. The molecule has 0 aliphatic rings. The van der Waals surface area contributed by atoms with E-state index in [4.69, 9.17) is 23.2 Å². The highest BCUT2D eigenvalue weighted by Gasteiger charge is 2.07. The predicted molar refractivity (Wildman–Crippen MR) is 76.9 cm³/mol. The molecule has 0 amide bonds. The molecule has 0 heterocycles. The average Bonchev–Trinajstić information content (AvgIpc) is 2.29. The Morgan fingerprint density at radius 2 is 1.82 bits per heavy atom.